The topological polar surface area (TPSA) is 64.1 Å². The van der Waals surface area contributed by atoms with E-state index < -0.39 is 0 Å². The molecule has 6 nitrogen and oxygen atoms in total. The van der Waals surface area contributed by atoms with Gasteiger partial charge in [0.1, 0.15) is 0 Å². The van der Waals surface area contributed by atoms with Crippen LogP contribution < -0.4 is 10.6 Å². The van der Waals surface area contributed by atoms with Crippen LogP contribution in [-0.2, 0) is 14.2 Å². The van der Waals surface area contributed by atoms with Crippen LogP contribution in [0.2, 0.25) is 0 Å². The summed E-state index contributed by atoms with van der Waals surface area (Å²) in [5.41, 5.74) is 0. The van der Waals surface area contributed by atoms with Crippen molar-refractivity contribution in [3.8, 4) is 0 Å². The number of aliphatic imine (C=N–C) groups is 1. The van der Waals surface area contributed by atoms with E-state index in [-0.39, 0.29) is 24.0 Å². The monoisotopic (exact) mass is 455 g/mol. The van der Waals surface area contributed by atoms with Crippen molar-refractivity contribution in [1.82, 2.24) is 10.6 Å². The van der Waals surface area contributed by atoms with E-state index >= 15 is 0 Å². The number of halogens is 1. The van der Waals surface area contributed by atoms with Crippen molar-refractivity contribution in [2.45, 2.75) is 57.2 Å². The molecule has 2 rings (SSSR count). The van der Waals surface area contributed by atoms with Crippen molar-refractivity contribution in [2.24, 2.45) is 4.99 Å². The summed E-state index contributed by atoms with van der Waals surface area (Å²) in [5.74, 6) is 0.857. The largest absolute Gasteiger partial charge is 0.379 e. The molecule has 1 aliphatic heterocycles. The van der Waals surface area contributed by atoms with Crippen LogP contribution in [0.25, 0.3) is 0 Å². The van der Waals surface area contributed by atoms with Crippen LogP contribution in [0.1, 0.15) is 44.9 Å². The lowest BCUT2D eigenvalue weighted by Gasteiger charge is -2.14. The SMILES string of the molecule is CN=C(NCCCOC1CCCC1)NCCCOC1CCOC1.I. The van der Waals surface area contributed by atoms with Crippen LogP contribution in [0.3, 0.4) is 0 Å². The molecule has 1 saturated carbocycles. The van der Waals surface area contributed by atoms with Gasteiger partial charge in [-0.25, -0.2) is 0 Å². The van der Waals surface area contributed by atoms with Gasteiger partial charge in [0.25, 0.3) is 0 Å². The molecule has 142 valence electrons. The molecule has 7 heteroatoms. The number of nitrogens with one attached hydrogen (secondary N) is 2. The number of ether oxygens (including phenoxy) is 3. The molecular formula is C17H34IN3O3. The Morgan fingerprint density at radius 2 is 1.62 bits per heavy atom. The van der Waals surface area contributed by atoms with E-state index in [0.717, 1.165) is 64.7 Å². The smallest absolute Gasteiger partial charge is 0.190 e. The predicted molar refractivity (Wildman–Crippen MR) is 107 cm³/mol. The molecule has 0 spiro atoms. The summed E-state index contributed by atoms with van der Waals surface area (Å²) >= 11 is 0. The normalized spacial score (nSPS) is 21.7. The minimum absolute atomic E-state index is 0. The first-order chi connectivity index (χ1) is 11.4. The Morgan fingerprint density at radius 1 is 1.00 bits per heavy atom. The van der Waals surface area contributed by atoms with Gasteiger partial charge >= 0.3 is 0 Å². The Morgan fingerprint density at radius 3 is 2.17 bits per heavy atom. The number of hydrogen-bond donors (Lipinski definition) is 2. The van der Waals surface area contributed by atoms with Gasteiger partial charge in [-0.3, -0.25) is 4.99 Å². The zero-order valence-electron chi connectivity index (χ0n) is 14.9. The maximum Gasteiger partial charge on any atom is 0.190 e. The molecule has 0 amide bonds. The highest BCUT2D eigenvalue weighted by atomic mass is 127. The molecule has 2 aliphatic rings. The summed E-state index contributed by atoms with van der Waals surface area (Å²) in [4.78, 5) is 4.23. The van der Waals surface area contributed by atoms with Crippen LogP contribution in [0.15, 0.2) is 4.99 Å². The van der Waals surface area contributed by atoms with E-state index in [1.807, 2.05) is 0 Å². The standard InChI is InChI=1S/C17H33N3O3.HI/c1-18-17(19-9-4-11-22-15-6-2-3-7-15)20-10-5-12-23-16-8-13-21-14-16;/h15-16H,2-14H2,1H3,(H2,18,19,20);1H. The Labute approximate surface area is 163 Å². The fourth-order valence-corrected chi connectivity index (χ4v) is 2.98. The first-order valence-corrected chi connectivity index (χ1v) is 9.14. The quantitative estimate of drug-likeness (QED) is 0.229. The van der Waals surface area contributed by atoms with Gasteiger partial charge in [-0.2, -0.15) is 0 Å². The molecular weight excluding hydrogens is 421 g/mol. The lowest BCUT2D eigenvalue weighted by atomic mass is 10.3. The maximum absolute atomic E-state index is 5.85. The fourth-order valence-electron chi connectivity index (χ4n) is 2.98. The van der Waals surface area contributed by atoms with E-state index in [9.17, 15) is 0 Å². The molecule has 1 saturated heterocycles. The van der Waals surface area contributed by atoms with Crippen molar-refractivity contribution in [1.29, 1.82) is 0 Å². The van der Waals surface area contributed by atoms with Crippen LogP contribution in [0.4, 0.5) is 0 Å². The molecule has 0 aromatic heterocycles. The van der Waals surface area contributed by atoms with Gasteiger partial charge in [-0.15, -0.1) is 24.0 Å². The first-order valence-electron chi connectivity index (χ1n) is 9.14. The molecule has 0 aromatic rings. The van der Waals surface area contributed by atoms with Gasteiger partial charge in [0.2, 0.25) is 0 Å². The van der Waals surface area contributed by atoms with E-state index in [1.54, 1.807) is 7.05 Å². The summed E-state index contributed by atoms with van der Waals surface area (Å²) in [6.45, 7) is 4.96. The van der Waals surface area contributed by atoms with Gasteiger partial charge in [0, 0.05) is 40.0 Å². The van der Waals surface area contributed by atoms with Crippen molar-refractivity contribution < 1.29 is 14.2 Å². The predicted octanol–water partition coefficient (Wildman–Crippen LogP) is 2.31. The molecule has 1 heterocycles. The van der Waals surface area contributed by atoms with Crippen LogP contribution in [0.5, 0.6) is 0 Å². The van der Waals surface area contributed by atoms with Gasteiger partial charge in [0.05, 0.1) is 18.8 Å². The third-order valence-corrected chi connectivity index (χ3v) is 4.35. The van der Waals surface area contributed by atoms with Crippen LogP contribution in [0, 0.1) is 0 Å². The number of rotatable bonds is 10. The third-order valence-electron chi connectivity index (χ3n) is 4.35. The molecule has 2 N–H and O–H groups in total. The Bertz CT molecular complexity index is 305. The zero-order chi connectivity index (χ0) is 16.2. The van der Waals surface area contributed by atoms with E-state index in [0.29, 0.717) is 12.2 Å². The second-order valence-corrected chi connectivity index (χ2v) is 6.27. The number of nitrogens with zero attached hydrogens (tertiary/aromatic N) is 1. The summed E-state index contributed by atoms with van der Waals surface area (Å²) in [7, 11) is 1.80. The highest BCUT2D eigenvalue weighted by Gasteiger charge is 2.15. The third kappa shape index (κ3) is 9.39. The number of hydrogen-bond acceptors (Lipinski definition) is 4. The van der Waals surface area contributed by atoms with Crippen LogP contribution >= 0.6 is 24.0 Å². The first kappa shape index (κ1) is 21.9. The van der Waals surface area contributed by atoms with E-state index in [2.05, 4.69) is 15.6 Å². The maximum atomic E-state index is 5.85. The van der Waals surface area contributed by atoms with Crippen molar-refractivity contribution in [2.75, 3.05) is 46.6 Å². The second-order valence-electron chi connectivity index (χ2n) is 6.27. The lowest BCUT2D eigenvalue weighted by Crippen LogP contribution is -2.38. The van der Waals surface area contributed by atoms with E-state index in [4.69, 9.17) is 14.2 Å². The molecule has 2 fully saturated rings. The molecule has 24 heavy (non-hydrogen) atoms. The number of guanidine groups is 1. The summed E-state index contributed by atoms with van der Waals surface area (Å²) in [5, 5.41) is 6.64. The van der Waals surface area contributed by atoms with Gasteiger partial charge < -0.3 is 24.8 Å². The van der Waals surface area contributed by atoms with Gasteiger partial charge in [-0.1, -0.05) is 12.8 Å². The zero-order valence-corrected chi connectivity index (χ0v) is 17.3. The van der Waals surface area contributed by atoms with Gasteiger partial charge in [0.15, 0.2) is 5.96 Å². The summed E-state index contributed by atoms with van der Waals surface area (Å²) < 4.78 is 16.9. The second kappa shape index (κ2) is 14.1. The minimum atomic E-state index is 0. The fraction of sp³-hybridized carbons (Fsp3) is 0.941. The molecule has 1 atom stereocenters. The van der Waals surface area contributed by atoms with Gasteiger partial charge in [-0.05, 0) is 32.1 Å². The minimum Gasteiger partial charge on any atom is -0.379 e. The average molecular weight is 455 g/mol. The molecule has 1 unspecified atom stereocenters. The van der Waals surface area contributed by atoms with Crippen LogP contribution in [-0.4, -0.2) is 64.7 Å². The Hall–Kier alpha value is -0.120. The average Bonchev–Trinajstić information content (AvgIpc) is 3.26. The Balaban J connectivity index is 0.00000288. The van der Waals surface area contributed by atoms with Crippen molar-refractivity contribution >= 4 is 29.9 Å². The lowest BCUT2D eigenvalue weighted by molar-refractivity contribution is 0.0420. The summed E-state index contributed by atoms with van der Waals surface area (Å²) in [6.07, 6.45) is 8.97. The summed E-state index contributed by atoms with van der Waals surface area (Å²) in [6, 6.07) is 0. The van der Waals surface area contributed by atoms with E-state index in [1.165, 1.54) is 25.7 Å². The molecule has 1 aliphatic carbocycles. The molecule has 0 radical (unpaired) electrons. The van der Waals surface area contributed by atoms with Crippen molar-refractivity contribution in [3.05, 3.63) is 0 Å². The highest BCUT2D eigenvalue weighted by Crippen LogP contribution is 2.20. The van der Waals surface area contributed by atoms with Crippen molar-refractivity contribution in [3.63, 3.8) is 0 Å². The molecule has 0 aromatic carbocycles. The molecule has 0 bridgehead atoms. The Kier molecular flexibility index (Phi) is 12.9. The highest BCUT2D eigenvalue weighted by molar-refractivity contribution is 14.0.